The average molecular weight is 174 g/mol. The number of imidazole rings is 1. The first kappa shape index (κ1) is 8.26. The van der Waals surface area contributed by atoms with E-state index in [0.717, 1.165) is 6.26 Å². The number of aryl methyl sites for hydroxylation is 2. The van der Waals surface area contributed by atoms with Gasteiger partial charge in [-0.15, -0.1) is 0 Å². The highest BCUT2D eigenvalue weighted by Gasteiger charge is 2.11. The lowest BCUT2D eigenvalue weighted by Gasteiger charge is -1.87. The van der Waals surface area contributed by atoms with Crippen LogP contribution in [-0.2, 0) is 16.9 Å². The van der Waals surface area contributed by atoms with Gasteiger partial charge < -0.3 is 4.57 Å². The van der Waals surface area contributed by atoms with Crippen LogP contribution in [0.2, 0.25) is 0 Å². The Labute approximate surface area is 65.8 Å². The summed E-state index contributed by atoms with van der Waals surface area (Å²) in [7, 11) is -1.38. The molecule has 0 saturated heterocycles. The lowest BCUT2D eigenvalue weighted by Crippen LogP contribution is -1.96. The highest BCUT2D eigenvalue weighted by molar-refractivity contribution is 7.90. The van der Waals surface area contributed by atoms with Gasteiger partial charge in [0.1, 0.15) is 5.82 Å². The Bertz CT molecular complexity index is 344. The molecule has 0 fully saturated rings. The molecule has 4 nitrogen and oxygen atoms in total. The Morgan fingerprint density at radius 3 is 2.27 bits per heavy atom. The molecule has 1 aromatic rings. The minimum absolute atomic E-state index is 0.137. The van der Waals surface area contributed by atoms with Gasteiger partial charge in [-0.3, -0.25) is 0 Å². The van der Waals surface area contributed by atoms with E-state index in [1.54, 1.807) is 18.5 Å². The minimum atomic E-state index is -3.14. The van der Waals surface area contributed by atoms with Crippen LogP contribution in [0, 0.1) is 6.92 Å². The zero-order valence-electron chi connectivity index (χ0n) is 6.70. The molecule has 1 rings (SSSR count). The Morgan fingerprint density at radius 2 is 2.09 bits per heavy atom. The first-order valence-electron chi connectivity index (χ1n) is 3.11. The molecule has 62 valence electrons. The summed E-state index contributed by atoms with van der Waals surface area (Å²) in [5, 5.41) is 0.137. The molecule has 0 aliphatic rings. The summed E-state index contributed by atoms with van der Waals surface area (Å²) in [6.07, 6.45) is 2.65. The van der Waals surface area contributed by atoms with Gasteiger partial charge in [0.2, 0.25) is 0 Å². The van der Waals surface area contributed by atoms with E-state index in [0.29, 0.717) is 5.82 Å². The topological polar surface area (TPSA) is 52.0 Å². The lowest BCUT2D eigenvalue weighted by molar-refractivity contribution is 0.598. The van der Waals surface area contributed by atoms with Gasteiger partial charge in [0, 0.05) is 19.5 Å². The second-order valence-electron chi connectivity index (χ2n) is 2.51. The predicted molar refractivity (Wildman–Crippen MR) is 41.1 cm³/mol. The molecule has 0 saturated carbocycles. The van der Waals surface area contributed by atoms with E-state index in [1.807, 2.05) is 0 Å². The average Bonchev–Trinajstić information content (AvgIpc) is 2.11. The van der Waals surface area contributed by atoms with E-state index in [-0.39, 0.29) is 5.03 Å². The van der Waals surface area contributed by atoms with Crippen LogP contribution in [0.3, 0.4) is 0 Å². The van der Waals surface area contributed by atoms with E-state index in [2.05, 4.69) is 4.98 Å². The SMILES string of the molecule is Cc1nc(S(C)(=O)=O)cn1C. The quantitative estimate of drug-likeness (QED) is 0.608. The third kappa shape index (κ3) is 1.59. The number of aromatic nitrogens is 2. The molecule has 0 N–H and O–H groups in total. The van der Waals surface area contributed by atoms with Crippen molar-refractivity contribution >= 4 is 9.84 Å². The van der Waals surface area contributed by atoms with Gasteiger partial charge in [0.25, 0.3) is 0 Å². The van der Waals surface area contributed by atoms with Gasteiger partial charge in [0.05, 0.1) is 0 Å². The predicted octanol–water partition coefficient (Wildman–Crippen LogP) is 0.132. The van der Waals surface area contributed by atoms with Gasteiger partial charge in [-0.25, -0.2) is 13.4 Å². The number of sulfone groups is 1. The van der Waals surface area contributed by atoms with Crippen LogP contribution in [0.25, 0.3) is 0 Å². The third-order valence-electron chi connectivity index (χ3n) is 1.47. The molecule has 5 heteroatoms. The molecular weight excluding hydrogens is 164 g/mol. The molecule has 11 heavy (non-hydrogen) atoms. The smallest absolute Gasteiger partial charge is 0.194 e. The van der Waals surface area contributed by atoms with Crippen molar-refractivity contribution in [2.75, 3.05) is 6.26 Å². The van der Waals surface area contributed by atoms with Crippen LogP contribution >= 0.6 is 0 Å². The van der Waals surface area contributed by atoms with E-state index in [9.17, 15) is 8.42 Å². The molecule has 0 spiro atoms. The lowest BCUT2D eigenvalue weighted by atomic mass is 10.7. The minimum Gasteiger partial charge on any atom is -0.337 e. The summed E-state index contributed by atoms with van der Waals surface area (Å²) in [6, 6.07) is 0. The molecule has 1 heterocycles. The fourth-order valence-electron chi connectivity index (χ4n) is 0.705. The van der Waals surface area contributed by atoms with Crippen LogP contribution in [-0.4, -0.2) is 24.2 Å². The molecule has 0 bridgehead atoms. The summed E-state index contributed by atoms with van der Waals surface area (Å²) in [5.41, 5.74) is 0. The standard InChI is InChI=1S/C6H10N2O2S/c1-5-7-6(4-8(5)2)11(3,9)10/h4H,1-3H3. The molecule has 0 aliphatic heterocycles. The number of hydrogen-bond donors (Lipinski definition) is 0. The van der Waals surface area contributed by atoms with E-state index in [1.165, 1.54) is 6.20 Å². The van der Waals surface area contributed by atoms with Crippen molar-refractivity contribution in [2.24, 2.45) is 7.05 Å². The zero-order valence-corrected chi connectivity index (χ0v) is 7.51. The third-order valence-corrected chi connectivity index (χ3v) is 2.42. The zero-order chi connectivity index (χ0) is 8.65. The normalized spacial score (nSPS) is 11.9. The molecule has 1 aromatic heterocycles. The Kier molecular flexibility index (Phi) is 1.75. The van der Waals surface area contributed by atoms with Crippen molar-refractivity contribution in [3.63, 3.8) is 0 Å². The van der Waals surface area contributed by atoms with Crippen molar-refractivity contribution < 1.29 is 8.42 Å². The second kappa shape index (κ2) is 2.34. The maximum Gasteiger partial charge on any atom is 0.194 e. The van der Waals surface area contributed by atoms with E-state index < -0.39 is 9.84 Å². The van der Waals surface area contributed by atoms with E-state index >= 15 is 0 Å². The summed E-state index contributed by atoms with van der Waals surface area (Å²) in [6.45, 7) is 1.76. The number of rotatable bonds is 1. The fourth-order valence-corrected chi connectivity index (χ4v) is 1.35. The highest BCUT2D eigenvalue weighted by Crippen LogP contribution is 2.06. The van der Waals surface area contributed by atoms with Gasteiger partial charge in [0.15, 0.2) is 14.9 Å². The van der Waals surface area contributed by atoms with Crippen LogP contribution in [0.4, 0.5) is 0 Å². The molecule has 0 atom stereocenters. The van der Waals surface area contributed by atoms with Crippen LogP contribution in [0.15, 0.2) is 11.2 Å². The summed E-state index contributed by atoms with van der Waals surface area (Å²) in [5.74, 6) is 0.699. The largest absolute Gasteiger partial charge is 0.337 e. The number of hydrogen-bond acceptors (Lipinski definition) is 3. The first-order chi connectivity index (χ1) is 4.91. The maximum atomic E-state index is 10.9. The van der Waals surface area contributed by atoms with Crippen LogP contribution in [0.5, 0.6) is 0 Å². The summed E-state index contributed by atoms with van der Waals surface area (Å²) in [4.78, 5) is 3.86. The van der Waals surface area contributed by atoms with Gasteiger partial charge in [-0.05, 0) is 6.92 Å². The van der Waals surface area contributed by atoms with Crippen molar-refractivity contribution in [1.82, 2.24) is 9.55 Å². The van der Waals surface area contributed by atoms with Crippen LogP contribution in [0.1, 0.15) is 5.82 Å². The van der Waals surface area contributed by atoms with Crippen molar-refractivity contribution in [3.05, 3.63) is 12.0 Å². The molecule has 0 aliphatic carbocycles. The molecule has 0 amide bonds. The molecule has 0 radical (unpaired) electrons. The van der Waals surface area contributed by atoms with Crippen molar-refractivity contribution in [2.45, 2.75) is 11.9 Å². The maximum absolute atomic E-state index is 10.9. The second-order valence-corrected chi connectivity index (χ2v) is 4.47. The molecule has 0 aromatic carbocycles. The number of nitrogens with zero attached hydrogens (tertiary/aromatic N) is 2. The van der Waals surface area contributed by atoms with Crippen LogP contribution < -0.4 is 0 Å². The Morgan fingerprint density at radius 1 is 1.55 bits per heavy atom. The highest BCUT2D eigenvalue weighted by atomic mass is 32.2. The Hall–Kier alpha value is -0.840. The van der Waals surface area contributed by atoms with Gasteiger partial charge >= 0.3 is 0 Å². The van der Waals surface area contributed by atoms with Crippen molar-refractivity contribution in [1.29, 1.82) is 0 Å². The monoisotopic (exact) mass is 174 g/mol. The fraction of sp³-hybridized carbons (Fsp3) is 0.500. The first-order valence-corrected chi connectivity index (χ1v) is 5.00. The van der Waals surface area contributed by atoms with Crippen molar-refractivity contribution in [3.8, 4) is 0 Å². The summed E-state index contributed by atoms with van der Waals surface area (Å²) < 4.78 is 23.5. The van der Waals surface area contributed by atoms with E-state index in [4.69, 9.17) is 0 Å². The molecular formula is C6H10N2O2S. The Balaban J connectivity index is 3.29. The molecule has 0 unspecified atom stereocenters. The summed E-state index contributed by atoms with van der Waals surface area (Å²) >= 11 is 0. The van der Waals surface area contributed by atoms with Gasteiger partial charge in [-0.2, -0.15) is 0 Å². The van der Waals surface area contributed by atoms with Gasteiger partial charge in [-0.1, -0.05) is 0 Å².